The molecule has 3 aromatic rings. The summed E-state index contributed by atoms with van der Waals surface area (Å²) in [6.07, 6.45) is 0. The molecular weight excluding hydrogens is 331 g/mol. The highest BCUT2D eigenvalue weighted by atomic mass is 35.5. The van der Waals surface area contributed by atoms with E-state index < -0.39 is 16.6 Å². The molecule has 1 atom stereocenters. The number of rotatable bonds is 3. The van der Waals surface area contributed by atoms with Crippen molar-refractivity contribution in [1.82, 2.24) is 4.98 Å². The van der Waals surface area contributed by atoms with Crippen molar-refractivity contribution in [3.63, 3.8) is 0 Å². The molecule has 0 amide bonds. The number of nitrogen functional groups attached to an aromatic ring is 1. The normalized spacial score (nSPS) is 12.7. The Labute approximate surface area is 132 Å². The maximum Gasteiger partial charge on any atom is 0.182 e. The molecular formula is C14H10ClFN2OS2. The highest BCUT2D eigenvalue weighted by molar-refractivity contribution is 7.86. The van der Waals surface area contributed by atoms with Gasteiger partial charge in [-0.3, -0.25) is 4.21 Å². The minimum Gasteiger partial charge on any atom is -0.399 e. The third-order valence-electron chi connectivity index (χ3n) is 2.87. The van der Waals surface area contributed by atoms with Crippen molar-refractivity contribution in [3.8, 4) is 0 Å². The molecule has 0 saturated heterocycles. The highest BCUT2D eigenvalue weighted by Crippen LogP contribution is 2.27. The minimum absolute atomic E-state index is 0.0556. The monoisotopic (exact) mass is 340 g/mol. The molecule has 21 heavy (non-hydrogen) atoms. The van der Waals surface area contributed by atoms with Gasteiger partial charge >= 0.3 is 0 Å². The fourth-order valence-electron chi connectivity index (χ4n) is 1.86. The number of nitrogens with two attached hydrogens (primary N) is 1. The van der Waals surface area contributed by atoms with Crippen LogP contribution in [0.15, 0.2) is 40.7 Å². The molecule has 2 N–H and O–H groups in total. The second-order valence-electron chi connectivity index (χ2n) is 4.45. The third-order valence-corrected chi connectivity index (χ3v) is 5.87. The van der Waals surface area contributed by atoms with Crippen molar-refractivity contribution in [2.24, 2.45) is 0 Å². The lowest BCUT2D eigenvalue weighted by Crippen LogP contribution is -1.96. The van der Waals surface area contributed by atoms with Gasteiger partial charge in [0.25, 0.3) is 0 Å². The lowest BCUT2D eigenvalue weighted by Gasteiger charge is -2.01. The van der Waals surface area contributed by atoms with Crippen LogP contribution in [0.5, 0.6) is 0 Å². The Hall–Kier alpha value is -1.50. The number of benzene rings is 2. The summed E-state index contributed by atoms with van der Waals surface area (Å²) in [6, 6.07) is 9.77. The fourth-order valence-corrected chi connectivity index (χ4v) is 4.35. The topological polar surface area (TPSA) is 56.0 Å². The third kappa shape index (κ3) is 3.07. The van der Waals surface area contributed by atoms with E-state index in [-0.39, 0.29) is 10.8 Å². The summed E-state index contributed by atoms with van der Waals surface area (Å²) in [4.78, 5) is 4.33. The summed E-state index contributed by atoms with van der Waals surface area (Å²) >= 11 is 6.96. The quantitative estimate of drug-likeness (QED) is 0.734. The van der Waals surface area contributed by atoms with E-state index in [9.17, 15) is 8.60 Å². The molecule has 7 heteroatoms. The summed E-state index contributed by atoms with van der Waals surface area (Å²) < 4.78 is 27.1. The van der Waals surface area contributed by atoms with Gasteiger partial charge in [-0.2, -0.15) is 0 Å². The van der Waals surface area contributed by atoms with Gasteiger partial charge in [0.2, 0.25) is 0 Å². The van der Waals surface area contributed by atoms with Crippen LogP contribution >= 0.6 is 22.9 Å². The Kier molecular flexibility index (Phi) is 3.93. The predicted octanol–water partition coefficient (Wildman–Crippen LogP) is 3.98. The molecule has 0 aliphatic rings. The van der Waals surface area contributed by atoms with E-state index in [1.807, 2.05) is 0 Å². The molecule has 0 bridgehead atoms. The number of thiazole rings is 1. The Morgan fingerprint density at radius 1 is 1.29 bits per heavy atom. The van der Waals surface area contributed by atoms with Crippen LogP contribution < -0.4 is 5.73 Å². The first kappa shape index (κ1) is 14.4. The molecule has 0 aliphatic heterocycles. The van der Waals surface area contributed by atoms with Gasteiger partial charge in [0.15, 0.2) is 4.34 Å². The smallest absolute Gasteiger partial charge is 0.182 e. The standard InChI is InChI=1S/C14H10ClFN2OS2/c15-10-3-1-8(5-11(10)16)7-21(19)14-18-12-4-2-9(17)6-13(12)20-14/h1-6H,7,17H2. The first-order valence-electron chi connectivity index (χ1n) is 6.01. The Balaban J connectivity index is 1.87. The van der Waals surface area contributed by atoms with Gasteiger partial charge in [0.05, 0.1) is 31.8 Å². The fraction of sp³-hybridized carbons (Fsp3) is 0.0714. The highest BCUT2D eigenvalue weighted by Gasteiger charge is 2.12. The number of nitrogens with zero attached hydrogens (tertiary/aromatic N) is 1. The molecule has 0 saturated carbocycles. The molecule has 1 heterocycles. The van der Waals surface area contributed by atoms with Crippen LogP contribution in [0.3, 0.4) is 0 Å². The molecule has 0 spiro atoms. The zero-order valence-corrected chi connectivity index (χ0v) is 13.1. The molecule has 1 aromatic heterocycles. The van der Waals surface area contributed by atoms with Crippen LogP contribution in [0.2, 0.25) is 5.02 Å². The number of anilines is 1. The van der Waals surface area contributed by atoms with Crippen LogP contribution in [0, 0.1) is 5.82 Å². The maximum atomic E-state index is 13.4. The second kappa shape index (κ2) is 5.71. The predicted molar refractivity (Wildman–Crippen MR) is 85.6 cm³/mol. The Bertz CT molecular complexity index is 850. The molecule has 1 unspecified atom stereocenters. The van der Waals surface area contributed by atoms with E-state index in [0.717, 1.165) is 10.2 Å². The molecule has 0 radical (unpaired) electrons. The number of aromatic nitrogens is 1. The first-order valence-corrected chi connectivity index (χ1v) is 8.52. The van der Waals surface area contributed by atoms with Crippen LogP contribution in [0.1, 0.15) is 5.56 Å². The molecule has 0 aliphatic carbocycles. The summed E-state index contributed by atoms with van der Waals surface area (Å²) in [5.41, 5.74) is 7.74. The summed E-state index contributed by atoms with van der Waals surface area (Å²) in [5, 5.41) is 0.0556. The van der Waals surface area contributed by atoms with Gasteiger partial charge in [0, 0.05) is 5.69 Å². The summed E-state index contributed by atoms with van der Waals surface area (Å²) in [5.74, 6) is -0.313. The van der Waals surface area contributed by atoms with Crippen molar-refractivity contribution in [3.05, 3.63) is 52.8 Å². The first-order chi connectivity index (χ1) is 10.0. The van der Waals surface area contributed by atoms with Gasteiger partial charge in [-0.05, 0) is 35.9 Å². The second-order valence-corrected chi connectivity index (χ2v) is 7.51. The maximum absolute atomic E-state index is 13.4. The number of hydrogen-bond donors (Lipinski definition) is 1. The lowest BCUT2D eigenvalue weighted by atomic mass is 10.2. The zero-order chi connectivity index (χ0) is 15.0. The van der Waals surface area contributed by atoms with Crippen LogP contribution in [-0.4, -0.2) is 9.19 Å². The van der Waals surface area contributed by atoms with Gasteiger partial charge in [-0.1, -0.05) is 17.7 Å². The van der Waals surface area contributed by atoms with Crippen molar-refractivity contribution in [2.75, 3.05) is 5.73 Å². The number of fused-ring (bicyclic) bond motifs is 1. The average molecular weight is 341 g/mol. The van der Waals surface area contributed by atoms with E-state index in [4.69, 9.17) is 17.3 Å². The van der Waals surface area contributed by atoms with Crippen molar-refractivity contribution in [1.29, 1.82) is 0 Å². The van der Waals surface area contributed by atoms with Crippen molar-refractivity contribution in [2.45, 2.75) is 10.1 Å². The Morgan fingerprint density at radius 2 is 2.10 bits per heavy atom. The van der Waals surface area contributed by atoms with E-state index in [0.29, 0.717) is 15.6 Å². The minimum atomic E-state index is -1.33. The van der Waals surface area contributed by atoms with E-state index in [1.165, 1.54) is 23.5 Å². The van der Waals surface area contributed by atoms with E-state index in [1.54, 1.807) is 24.3 Å². The SMILES string of the molecule is Nc1ccc2nc(S(=O)Cc3ccc(Cl)c(F)c3)sc2c1. The van der Waals surface area contributed by atoms with Crippen LogP contribution in [0.25, 0.3) is 10.2 Å². The molecule has 0 fully saturated rings. The van der Waals surface area contributed by atoms with Crippen LogP contribution in [-0.2, 0) is 16.6 Å². The average Bonchev–Trinajstić information content (AvgIpc) is 2.86. The largest absolute Gasteiger partial charge is 0.399 e. The summed E-state index contributed by atoms with van der Waals surface area (Å²) in [7, 11) is -1.33. The Morgan fingerprint density at radius 3 is 2.86 bits per heavy atom. The number of hydrogen-bond acceptors (Lipinski definition) is 4. The van der Waals surface area contributed by atoms with Gasteiger partial charge in [-0.25, -0.2) is 9.37 Å². The zero-order valence-electron chi connectivity index (χ0n) is 10.7. The molecule has 108 valence electrons. The van der Waals surface area contributed by atoms with E-state index in [2.05, 4.69) is 4.98 Å². The molecule has 2 aromatic carbocycles. The van der Waals surface area contributed by atoms with Gasteiger partial charge in [0.1, 0.15) is 5.82 Å². The van der Waals surface area contributed by atoms with Crippen molar-refractivity contribution >= 4 is 49.6 Å². The van der Waals surface area contributed by atoms with Crippen LogP contribution in [0.4, 0.5) is 10.1 Å². The van der Waals surface area contributed by atoms with Gasteiger partial charge in [-0.15, -0.1) is 11.3 Å². The van der Waals surface area contributed by atoms with Crippen molar-refractivity contribution < 1.29 is 8.60 Å². The number of halogens is 2. The molecule has 3 rings (SSSR count). The van der Waals surface area contributed by atoms with E-state index >= 15 is 0 Å². The lowest BCUT2D eigenvalue weighted by molar-refractivity contribution is 0.626. The molecule has 3 nitrogen and oxygen atoms in total. The van der Waals surface area contributed by atoms with Gasteiger partial charge < -0.3 is 5.73 Å². The summed E-state index contributed by atoms with van der Waals surface area (Å²) in [6.45, 7) is 0.